The predicted octanol–water partition coefficient (Wildman–Crippen LogP) is 3.10. The van der Waals surface area contributed by atoms with E-state index in [4.69, 9.17) is 0 Å². The second-order valence-electron chi connectivity index (χ2n) is 5.36. The normalized spacial score (nSPS) is 11.9. The molecule has 2 aromatic carbocycles. The topological polar surface area (TPSA) is 51.0 Å². The number of hydrogen-bond donors (Lipinski definition) is 0. The number of rotatable bonds is 4. The summed E-state index contributed by atoms with van der Waals surface area (Å²) in [6, 6.07) is 19.4. The molecule has 0 aliphatic heterocycles. The molecule has 1 amide bonds. The van der Waals surface area contributed by atoms with Gasteiger partial charge in [-0.05, 0) is 24.6 Å². The molecule has 1 heterocycles. The first kappa shape index (κ1) is 15.0. The van der Waals surface area contributed by atoms with E-state index in [0.717, 1.165) is 11.3 Å². The quantitative estimate of drug-likeness (QED) is 0.744. The van der Waals surface area contributed by atoms with Gasteiger partial charge in [0, 0.05) is 7.05 Å². The summed E-state index contributed by atoms with van der Waals surface area (Å²) in [4.78, 5) is 15.8. The second kappa shape index (κ2) is 6.44. The summed E-state index contributed by atoms with van der Waals surface area (Å²) < 4.78 is 0. The first-order valence-corrected chi connectivity index (χ1v) is 7.46. The van der Waals surface area contributed by atoms with E-state index in [1.54, 1.807) is 11.9 Å². The third kappa shape index (κ3) is 3.13. The van der Waals surface area contributed by atoms with Gasteiger partial charge in [-0.15, -0.1) is 5.10 Å². The lowest BCUT2D eigenvalue weighted by atomic mass is 10.1. The molecule has 0 N–H and O–H groups in total. The van der Waals surface area contributed by atoms with Crippen molar-refractivity contribution in [3.8, 4) is 5.69 Å². The lowest BCUT2D eigenvalue weighted by molar-refractivity contribution is 0.0736. The highest BCUT2D eigenvalue weighted by Crippen LogP contribution is 2.19. The molecule has 3 aromatic rings. The smallest absolute Gasteiger partial charge is 0.276 e. The molecule has 5 nitrogen and oxygen atoms in total. The highest BCUT2D eigenvalue weighted by atomic mass is 16.2. The number of carbonyl (C=O) groups excluding carboxylic acids is 1. The Morgan fingerprint density at radius 2 is 1.65 bits per heavy atom. The van der Waals surface area contributed by atoms with E-state index in [1.807, 2.05) is 67.6 Å². The van der Waals surface area contributed by atoms with Crippen LogP contribution in [0.5, 0.6) is 0 Å². The monoisotopic (exact) mass is 306 g/mol. The zero-order valence-corrected chi connectivity index (χ0v) is 13.1. The summed E-state index contributed by atoms with van der Waals surface area (Å²) in [5, 5.41) is 8.47. The summed E-state index contributed by atoms with van der Waals surface area (Å²) in [6.07, 6.45) is 1.50. The van der Waals surface area contributed by atoms with Gasteiger partial charge in [-0.2, -0.15) is 9.90 Å². The average Bonchev–Trinajstić information content (AvgIpc) is 3.11. The van der Waals surface area contributed by atoms with Gasteiger partial charge in [-0.1, -0.05) is 48.5 Å². The maximum atomic E-state index is 12.6. The van der Waals surface area contributed by atoms with Crippen LogP contribution in [0, 0.1) is 0 Å². The Kier molecular flexibility index (Phi) is 4.19. The Labute approximate surface area is 135 Å². The first-order valence-electron chi connectivity index (χ1n) is 7.46. The van der Waals surface area contributed by atoms with Gasteiger partial charge in [0.15, 0.2) is 5.69 Å². The molecule has 0 fully saturated rings. The Hall–Kier alpha value is -2.95. The number of benzene rings is 2. The van der Waals surface area contributed by atoms with E-state index in [0.29, 0.717) is 5.69 Å². The molecule has 116 valence electrons. The minimum atomic E-state index is -0.150. The van der Waals surface area contributed by atoms with E-state index in [2.05, 4.69) is 10.2 Å². The summed E-state index contributed by atoms with van der Waals surface area (Å²) >= 11 is 0. The van der Waals surface area contributed by atoms with Crippen molar-refractivity contribution < 1.29 is 4.79 Å². The molecule has 0 unspecified atom stereocenters. The summed E-state index contributed by atoms with van der Waals surface area (Å²) in [5.74, 6) is -0.150. The summed E-state index contributed by atoms with van der Waals surface area (Å²) in [6.45, 7) is 1.99. The molecule has 23 heavy (non-hydrogen) atoms. The van der Waals surface area contributed by atoms with Crippen molar-refractivity contribution >= 4 is 5.91 Å². The van der Waals surface area contributed by atoms with Crippen molar-refractivity contribution in [2.24, 2.45) is 0 Å². The van der Waals surface area contributed by atoms with Gasteiger partial charge in [0.05, 0.1) is 17.9 Å². The minimum Gasteiger partial charge on any atom is -0.334 e. The van der Waals surface area contributed by atoms with Gasteiger partial charge in [0.25, 0.3) is 5.91 Å². The van der Waals surface area contributed by atoms with E-state index >= 15 is 0 Å². The number of aromatic nitrogens is 3. The lowest BCUT2D eigenvalue weighted by Gasteiger charge is -2.24. The fraction of sp³-hybridized carbons (Fsp3) is 0.167. The van der Waals surface area contributed by atoms with Gasteiger partial charge in [0.1, 0.15) is 0 Å². The molecule has 1 aromatic heterocycles. The average molecular weight is 306 g/mol. The SMILES string of the molecule is C[C@H](c1ccccc1)N(C)C(=O)c1cnn(-c2ccccc2)n1. The van der Waals surface area contributed by atoms with Gasteiger partial charge >= 0.3 is 0 Å². The number of amides is 1. The van der Waals surface area contributed by atoms with Crippen molar-refractivity contribution in [2.45, 2.75) is 13.0 Å². The fourth-order valence-corrected chi connectivity index (χ4v) is 2.36. The van der Waals surface area contributed by atoms with Gasteiger partial charge in [-0.3, -0.25) is 4.79 Å². The van der Waals surface area contributed by atoms with Crippen LogP contribution in [0.4, 0.5) is 0 Å². The van der Waals surface area contributed by atoms with E-state index in [-0.39, 0.29) is 11.9 Å². The number of para-hydroxylation sites is 1. The van der Waals surface area contributed by atoms with Crippen LogP contribution in [0.2, 0.25) is 0 Å². The second-order valence-corrected chi connectivity index (χ2v) is 5.36. The van der Waals surface area contributed by atoms with Crippen LogP contribution in [0.3, 0.4) is 0 Å². The van der Waals surface area contributed by atoms with Crippen molar-refractivity contribution in [3.05, 3.63) is 78.1 Å². The Morgan fingerprint density at radius 1 is 1.04 bits per heavy atom. The molecular formula is C18H18N4O. The van der Waals surface area contributed by atoms with E-state index < -0.39 is 0 Å². The number of nitrogens with zero attached hydrogens (tertiary/aromatic N) is 4. The van der Waals surface area contributed by atoms with Crippen LogP contribution < -0.4 is 0 Å². The number of carbonyl (C=O) groups is 1. The highest BCUT2D eigenvalue weighted by Gasteiger charge is 2.21. The van der Waals surface area contributed by atoms with Crippen molar-refractivity contribution in [3.63, 3.8) is 0 Å². The minimum absolute atomic E-state index is 0.0365. The van der Waals surface area contributed by atoms with Crippen molar-refractivity contribution in [1.29, 1.82) is 0 Å². The zero-order chi connectivity index (χ0) is 16.2. The molecular weight excluding hydrogens is 288 g/mol. The molecule has 0 saturated heterocycles. The molecule has 0 bridgehead atoms. The first-order chi connectivity index (χ1) is 11.2. The van der Waals surface area contributed by atoms with Gasteiger partial charge in [-0.25, -0.2) is 0 Å². The van der Waals surface area contributed by atoms with Crippen LogP contribution in [-0.2, 0) is 0 Å². The molecule has 0 aliphatic rings. The van der Waals surface area contributed by atoms with E-state index in [1.165, 1.54) is 11.0 Å². The maximum Gasteiger partial charge on any atom is 0.276 e. The lowest BCUT2D eigenvalue weighted by Crippen LogP contribution is -2.30. The number of hydrogen-bond acceptors (Lipinski definition) is 3. The van der Waals surface area contributed by atoms with Crippen LogP contribution in [0.1, 0.15) is 29.0 Å². The van der Waals surface area contributed by atoms with Crippen LogP contribution in [0.15, 0.2) is 66.9 Å². The van der Waals surface area contributed by atoms with Gasteiger partial charge in [0.2, 0.25) is 0 Å². The maximum absolute atomic E-state index is 12.6. The molecule has 0 aliphatic carbocycles. The standard InChI is InChI=1S/C18H18N4O/c1-14(15-9-5-3-6-10-15)21(2)18(23)17-13-19-22(20-17)16-11-7-4-8-12-16/h3-14H,1-2H3/t14-/m1/s1. The Morgan fingerprint density at radius 3 is 2.30 bits per heavy atom. The molecule has 5 heteroatoms. The zero-order valence-electron chi connectivity index (χ0n) is 13.1. The predicted molar refractivity (Wildman–Crippen MR) is 88.3 cm³/mol. The molecule has 1 atom stereocenters. The fourth-order valence-electron chi connectivity index (χ4n) is 2.36. The van der Waals surface area contributed by atoms with Crippen molar-refractivity contribution in [1.82, 2.24) is 19.9 Å². The van der Waals surface area contributed by atoms with Crippen LogP contribution in [-0.4, -0.2) is 32.8 Å². The largest absolute Gasteiger partial charge is 0.334 e. The molecule has 3 rings (SSSR count). The van der Waals surface area contributed by atoms with Crippen LogP contribution >= 0.6 is 0 Å². The van der Waals surface area contributed by atoms with Crippen LogP contribution in [0.25, 0.3) is 5.69 Å². The van der Waals surface area contributed by atoms with Crippen molar-refractivity contribution in [2.75, 3.05) is 7.05 Å². The summed E-state index contributed by atoms with van der Waals surface area (Å²) in [7, 11) is 1.78. The molecule has 0 saturated carbocycles. The molecule has 0 spiro atoms. The molecule has 0 radical (unpaired) electrons. The third-order valence-electron chi connectivity index (χ3n) is 3.88. The van der Waals surface area contributed by atoms with Gasteiger partial charge < -0.3 is 4.90 Å². The summed E-state index contributed by atoms with van der Waals surface area (Å²) in [5.41, 5.74) is 2.24. The third-order valence-corrected chi connectivity index (χ3v) is 3.88. The Bertz CT molecular complexity index is 783. The van der Waals surface area contributed by atoms with E-state index in [9.17, 15) is 4.79 Å². The highest BCUT2D eigenvalue weighted by molar-refractivity contribution is 5.92. The Balaban J connectivity index is 1.79.